The fraction of sp³-hybridized carbons (Fsp3) is 0.214. The molecule has 0 saturated carbocycles. The van der Waals surface area contributed by atoms with Crippen LogP contribution in [0.5, 0.6) is 0 Å². The summed E-state index contributed by atoms with van der Waals surface area (Å²) >= 11 is 0. The lowest BCUT2D eigenvalue weighted by Crippen LogP contribution is -2.09. The maximum Gasteiger partial charge on any atom is 0.338 e. The number of hydrogen-bond acceptors (Lipinski definition) is 2. The van der Waals surface area contributed by atoms with Gasteiger partial charge in [-0.2, -0.15) is 0 Å². The molecule has 2 heteroatoms. The van der Waals surface area contributed by atoms with Crippen molar-refractivity contribution in [1.29, 1.82) is 0 Å². The van der Waals surface area contributed by atoms with Crippen LogP contribution in [0.4, 0.5) is 0 Å². The van der Waals surface area contributed by atoms with Gasteiger partial charge in [-0.05, 0) is 18.4 Å². The van der Waals surface area contributed by atoms with Crippen molar-refractivity contribution in [2.24, 2.45) is 0 Å². The molecular formula is C14H16O2. The van der Waals surface area contributed by atoms with E-state index in [4.69, 9.17) is 4.74 Å². The van der Waals surface area contributed by atoms with Crippen molar-refractivity contribution in [2.45, 2.75) is 12.8 Å². The second-order valence-electron chi connectivity index (χ2n) is 3.40. The van der Waals surface area contributed by atoms with Crippen molar-refractivity contribution in [3.05, 3.63) is 60.8 Å². The standard InChI is InChI=1S/C14H16O2/c1-3-8-12(4-2)11-16-14(15)13-9-6-5-7-10-13/h3-4,6,8-10H,1-2,5,7,11H2/b12-8+. The fourth-order valence-electron chi connectivity index (χ4n) is 1.32. The molecule has 0 fully saturated rings. The lowest BCUT2D eigenvalue weighted by Gasteiger charge is -2.08. The predicted molar refractivity (Wildman–Crippen MR) is 65.9 cm³/mol. The molecule has 16 heavy (non-hydrogen) atoms. The molecule has 84 valence electrons. The first-order chi connectivity index (χ1) is 7.77. The van der Waals surface area contributed by atoms with Crippen LogP contribution in [0, 0.1) is 0 Å². The predicted octanol–water partition coefficient (Wildman–Crippen LogP) is 3.10. The second kappa shape index (κ2) is 6.62. The summed E-state index contributed by atoms with van der Waals surface area (Å²) in [6.07, 6.45) is 12.6. The maximum atomic E-state index is 11.6. The Kier molecular flexibility index (Phi) is 5.06. The van der Waals surface area contributed by atoms with E-state index >= 15 is 0 Å². The Morgan fingerprint density at radius 1 is 1.44 bits per heavy atom. The largest absolute Gasteiger partial charge is 0.457 e. The van der Waals surface area contributed by atoms with Gasteiger partial charge in [0.25, 0.3) is 0 Å². The molecule has 0 saturated heterocycles. The molecule has 0 unspecified atom stereocenters. The second-order valence-corrected chi connectivity index (χ2v) is 3.40. The highest BCUT2D eigenvalue weighted by molar-refractivity contribution is 5.91. The minimum Gasteiger partial charge on any atom is -0.457 e. The third kappa shape index (κ3) is 3.73. The number of esters is 1. The molecule has 0 aromatic heterocycles. The molecule has 0 N–H and O–H groups in total. The molecule has 0 atom stereocenters. The smallest absolute Gasteiger partial charge is 0.338 e. The number of rotatable bonds is 5. The van der Waals surface area contributed by atoms with Gasteiger partial charge in [0.05, 0.1) is 5.57 Å². The summed E-state index contributed by atoms with van der Waals surface area (Å²) in [5.41, 5.74) is 1.47. The van der Waals surface area contributed by atoms with E-state index in [1.807, 2.05) is 12.2 Å². The Bertz CT molecular complexity index is 370. The summed E-state index contributed by atoms with van der Waals surface area (Å²) in [5.74, 6) is -0.284. The van der Waals surface area contributed by atoms with Gasteiger partial charge in [-0.25, -0.2) is 4.79 Å². The number of carbonyl (C=O) groups excluding carboxylic acids is 1. The van der Waals surface area contributed by atoms with Crippen molar-refractivity contribution in [3.8, 4) is 0 Å². The first-order valence-corrected chi connectivity index (χ1v) is 5.25. The molecule has 0 amide bonds. The Labute approximate surface area is 96.3 Å². The zero-order valence-corrected chi connectivity index (χ0v) is 9.32. The lowest BCUT2D eigenvalue weighted by atomic mass is 10.1. The number of allylic oxidation sites excluding steroid dienone is 4. The van der Waals surface area contributed by atoms with Crippen LogP contribution in [0.1, 0.15) is 12.8 Å². The molecule has 1 rings (SSSR count). The monoisotopic (exact) mass is 216 g/mol. The highest BCUT2D eigenvalue weighted by atomic mass is 16.5. The molecular weight excluding hydrogens is 200 g/mol. The molecule has 2 nitrogen and oxygen atoms in total. The molecule has 0 bridgehead atoms. The van der Waals surface area contributed by atoms with Crippen LogP contribution in [-0.2, 0) is 9.53 Å². The zero-order chi connectivity index (χ0) is 11.8. The van der Waals surface area contributed by atoms with E-state index in [0.717, 1.165) is 18.4 Å². The van der Waals surface area contributed by atoms with E-state index in [9.17, 15) is 4.79 Å². The molecule has 0 spiro atoms. The van der Waals surface area contributed by atoms with Crippen LogP contribution in [0.15, 0.2) is 60.8 Å². The van der Waals surface area contributed by atoms with E-state index < -0.39 is 0 Å². The van der Waals surface area contributed by atoms with Gasteiger partial charge in [0.1, 0.15) is 6.61 Å². The van der Waals surface area contributed by atoms with Crippen molar-refractivity contribution in [1.82, 2.24) is 0 Å². The van der Waals surface area contributed by atoms with Gasteiger partial charge >= 0.3 is 5.97 Å². The van der Waals surface area contributed by atoms with Crippen molar-refractivity contribution in [2.75, 3.05) is 6.61 Å². The van der Waals surface area contributed by atoms with Crippen LogP contribution in [0.25, 0.3) is 0 Å². The summed E-state index contributed by atoms with van der Waals surface area (Å²) in [6.45, 7) is 7.45. The minimum absolute atomic E-state index is 0.236. The average molecular weight is 216 g/mol. The van der Waals surface area contributed by atoms with E-state index in [0.29, 0.717) is 5.57 Å². The first-order valence-electron chi connectivity index (χ1n) is 5.25. The van der Waals surface area contributed by atoms with Crippen LogP contribution in [0.2, 0.25) is 0 Å². The van der Waals surface area contributed by atoms with Gasteiger partial charge in [0, 0.05) is 0 Å². The van der Waals surface area contributed by atoms with E-state index in [1.54, 1.807) is 24.3 Å². The summed E-state index contributed by atoms with van der Waals surface area (Å²) in [6, 6.07) is 0. The normalized spacial score (nSPS) is 15.2. The van der Waals surface area contributed by atoms with Gasteiger partial charge < -0.3 is 4.74 Å². The summed E-state index contributed by atoms with van der Waals surface area (Å²) in [4.78, 5) is 11.6. The molecule has 1 aliphatic rings. The Morgan fingerprint density at radius 2 is 2.25 bits per heavy atom. The molecule has 0 aromatic carbocycles. The van der Waals surface area contributed by atoms with Crippen molar-refractivity contribution < 1.29 is 9.53 Å². The van der Waals surface area contributed by atoms with E-state index in [1.165, 1.54) is 0 Å². The Morgan fingerprint density at radius 3 is 2.81 bits per heavy atom. The quantitative estimate of drug-likeness (QED) is 0.521. The van der Waals surface area contributed by atoms with Crippen LogP contribution < -0.4 is 0 Å². The van der Waals surface area contributed by atoms with E-state index in [-0.39, 0.29) is 12.6 Å². The molecule has 0 aromatic rings. The number of carbonyl (C=O) groups is 1. The molecule has 0 radical (unpaired) electrons. The zero-order valence-electron chi connectivity index (χ0n) is 9.32. The topological polar surface area (TPSA) is 26.3 Å². The Balaban J connectivity index is 2.49. The number of ether oxygens (including phenoxy) is 1. The van der Waals surface area contributed by atoms with Gasteiger partial charge in [-0.15, -0.1) is 0 Å². The van der Waals surface area contributed by atoms with Gasteiger partial charge in [0.15, 0.2) is 0 Å². The van der Waals surface area contributed by atoms with Gasteiger partial charge in [-0.3, -0.25) is 0 Å². The summed E-state index contributed by atoms with van der Waals surface area (Å²) in [5, 5.41) is 0. The molecule has 0 aliphatic heterocycles. The highest BCUT2D eigenvalue weighted by Gasteiger charge is 2.09. The minimum atomic E-state index is -0.284. The average Bonchev–Trinajstić information content (AvgIpc) is 2.35. The van der Waals surface area contributed by atoms with Crippen molar-refractivity contribution >= 4 is 5.97 Å². The van der Waals surface area contributed by atoms with Crippen LogP contribution >= 0.6 is 0 Å². The van der Waals surface area contributed by atoms with Gasteiger partial charge in [-0.1, -0.05) is 49.6 Å². The summed E-state index contributed by atoms with van der Waals surface area (Å²) in [7, 11) is 0. The molecule has 1 aliphatic carbocycles. The Hall–Kier alpha value is -1.83. The fourth-order valence-corrected chi connectivity index (χ4v) is 1.32. The molecule has 0 heterocycles. The third-order valence-electron chi connectivity index (χ3n) is 2.19. The van der Waals surface area contributed by atoms with Crippen LogP contribution in [0.3, 0.4) is 0 Å². The first kappa shape index (κ1) is 12.2. The number of hydrogen-bond donors (Lipinski definition) is 0. The van der Waals surface area contributed by atoms with Crippen molar-refractivity contribution in [3.63, 3.8) is 0 Å². The summed E-state index contributed by atoms with van der Waals surface area (Å²) < 4.78 is 5.14. The maximum absolute atomic E-state index is 11.6. The van der Waals surface area contributed by atoms with E-state index in [2.05, 4.69) is 13.2 Å². The van der Waals surface area contributed by atoms with Gasteiger partial charge in [0.2, 0.25) is 0 Å². The third-order valence-corrected chi connectivity index (χ3v) is 2.19. The van der Waals surface area contributed by atoms with Crippen LogP contribution in [-0.4, -0.2) is 12.6 Å². The lowest BCUT2D eigenvalue weighted by molar-refractivity contribution is -0.137. The highest BCUT2D eigenvalue weighted by Crippen LogP contribution is 2.11. The SMILES string of the molecule is C=C/C=C(\C=C)COC(=O)C1=CCCC=C1.